The molecule has 0 radical (unpaired) electrons. The lowest BCUT2D eigenvalue weighted by molar-refractivity contribution is -0.138. The Hall–Kier alpha value is -2.38. The monoisotopic (exact) mass is 289 g/mol. The van der Waals surface area contributed by atoms with Crippen LogP contribution in [0.3, 0.4) is 0 Å². The molecule has 0 aliphatic rings. The quantitative estimate of drug-likeness (QED) is 0.803. The molecule has 0 saturated carbocycles. The van der Waals surface area contributed by atoms with E-state index in [0.717, 1.165) is 0 Å². The normalized spacial score (nSPS) is 10.2. The van der Waals surface area contributed by atoms with Crippen LogP contribution in [0.25, 0.3) is 0 Å². The van der Waals surface area contributed by atoms with E-state index in [1.807, 2.05) is 0 Å². The Bertz CT molecular complexity index is 493. The molecule has 0 atom stereocenters. The van der Waals surface area contributed by atoms with Gasteiger partial charge in [-0.15, -0.1) is 0 Å². The van der Waals surface area contributed by atoms with Crippen molar-refractivity contribution < 1.29 is 33.0 Å². The Morgan fingerprint density at radius 2 is 2.05 bits per heavy atom. The van der Waals surface area contributed by atoms with Crippen LogP contribution in [0.5, 0.6) is 11.5 Å². The maximum absolute atomic E-state index is 12.2. The van der Waals surface area contributed by atoms with Crippen LogP contribution in [0.2, 0.25) is 0 Å². The summed E-state index contributed by atoms with van der Waals surface area (Å²) in [5.74, 6) is -1.65. The van der Waals surface area contributed by atoms with Crippen molar-refractivity contribution in [3.8, 4) is 11.5 Å². The number of carbonyl (C=O) groups excluding carboxylic acids is 1. The predicted octanol–water partition coefficient (Wildman–Crippen LogP) is 2.10. The maximum Gasteiger partial charge on any atom is 0.387 e. The zero-order valence-electron chi connectivity index (χ0n) is 10.6. The van der Waals surface area contributed by atoms with Crippen LogP contribution in [-0.2, 0) is 9.59 Å². The summed E-state index contributed by atoms with van der Waals surface area (Å²) in [5.41, 5.74) is -0.0139. The minimum absolute atomic E-state index is 0.0139. The van der Waals surface area contributed by atoms with Gasteiger partial charge in [0, 0.05) is 12.5 Å². The number of hydrogen-bond acceptors (Lipinski definition) is 4. The molecule has 0 aliphatic carbocycles. The molecule has 2 N–H and O–H groups in total. The summed E-state index contributed by atoms with van der Waals surface area (Å²) in [6.07, 6.45) is -0.637. The number of carboxylic acids is 1. The van der Waals surface area contributed by atoms with Crippen LogP contribution >= 0.6 is 0 Å². The van der Waals surface area contributed by atoms with Crippen LogP contribution in [0.15, 0.2) is 18.2 Å². The lowest BCUT2D eigenvalue weighted by Crippen LogP contribution is -2.15. The zero-order valence-corrected chi connectivity index (χ0v) is 10.6. The molecular formula is C12H13F2NO5. The van der Waals surface area contributed by atoms with E-state index < -0.39 is 18.5 Å². The average molecular weight is 289 g/mol. The first kappa shape index (κ1) is 15.7. The van der Waals surface area contributed by atoms with E-state index in [1.165, 1.54) is 25.3 Å². The lowest BCUT2D eigenvalue weighted by atomic mass is 10.2. The fourth-order valence-electron chi connectivity index (χ4n) is 1.37. The average Bonchev–Trinajstić information content (AvgIpc) is 2.38. The number of benzene rings is 1. The van der Waals surface area contributed by atoms with Gasteiger partial charge in [0.05, 0.1) is 19.2 Å². The number of alkyl halides is 2. The predicted molar refractivity (Wildman–Crippen MR) is 65.1 cm³/mol. The number of nitrogens with one attached hydrogen (secondary N) is 1. The van der Waals surface area contributed by atoms with Gasteiger partial charge in [0.25, 0.3) is 0 Å². The Morgan fingerprint density at radius 3 is 2.60 bits per heavy atom. The molecule has 0 saturated heterocycles. The fourth-order valence-corrected chi connectivity index (χ4v) is 1.37. The molecule has 0 unspecified atom stereocenters. The number of hydrogen-bond donors (Lipinski definition) is 2. The Kier molecular flexibility index (Phi) is 5.70. The van der Waals surface area contributed by atoms with Gasteiger partial charge in [0.15, 0.2) is 0 Å². The molecule has 0 aliphatic heterocycles. The molecule has 1 rings (SSSR count). The molecule has 1 amide bonds. The van der Waals surface area contributed by atoms with Gasteiger partial charge in [0.1, 0.15) is 11.5 Å². The number of methoxy groups -OCH3 is 1. The van der Waals surface area contributed by atoms with E-state index in [2.05, 4.69) is 10.1 Å². The van der Waals surface area contributed by atoms with Crippen LogP contribution in [0.1, 0.15) is 12.8 Å². The van der Waals surface area contributed by atoms with Crippen LogP contribution in [-0.4, -0.2) is 30.7 Å². The van der Waals surface area contributed by atoms with Gasteiger partial charge < -0.3 is 19.9 Å². The van der Waals surface area contributed by atoms with Crippen LogP contribution < -0.4 is 14.8 Å². The first-order chi connectivity index (χ1) is 9.42. The zero-order chi connectivity index (χ0) is 15.1. The summed E-state index contributed by atoms with van der Waals surface area (Å²) in [6.45, 7) is -3.04. The number of carbonyl (C=O) groups is 2. The van der Waals surface area contributed by atoms with Crippen molar-refractivity contribution in [2.24, 2.45) is 0 Å². The van der Waals surface area contributed by atoms with Crippen molar-refractivity contribution in [1.82, 2.24) is 0 Å². The van der Waals surface area contributed by atoms with E-state index in [-0.39, 0.29) is 24.3 Å². The topological polar surface area (TPSA) is 84.9 Å². The van der Waals surface area contributed by atoms with E-state index in [9.17, 15) is 18.4 Å². The van der Waals surface area contributed by atoms with Gasteiger partial charge in [0.2, 0.25) is 5.91 Å². The lowest BCUT2D eigenvalue weighted by Gasteiger charge is -2.13. The third-order valence-electron chi connectivity index (χ3n) is 2.24. The summed E-state index contributed by atoms with van der Waals surface area (Å²) in [5, 5.41) is 10.8. The van der Waals surface area contributed by atoms with Crippen LogP contribution in [0.4, 0.5) is 14.5 Å². The van der Waals surface area contributed by atoms with E-state index in [1.54, 1.807) is 0 Å². The van der Waals surface area contributed by atoms with Gasteiger partial charge in [-0.25, -0.2) is 0 Å². The van der Waals surface area contributed by atoms with Crippen molar-refractivity contribution in [2.75, 3.05) is 12.4 Å². The van der Waals surface area contributed by atoms with Gasteiger partial charge >= 0.3 is 12.6 Å². The van der Waals surface area contributed by atoms with E-state index >= 15 is 0 Å². The van der Waals surface area contributed by atoms with Crippen molar-refractivity contribution in [1.29, 1.82) is 0 Å². The van der Waals surface area contributed by atoms with Gasteiger partial charge in [-0.2, -0.15) is 8.78 Å². The first-order valence-electron chi connectivity index (χ1n) is 5.57. The highest BCUT2D eigenvalue weighted by Crippen LogP contribution is 2.30. The molecule has 8 heteroatoms. The molecule has 0 heterocycles. The summed E-state index contributed by atoms with van der Waals surface area (Å²) in [4.78, 5) is 21.8. The minimum atomic E-state index is -3.04. The summed E-state index contributed by atoms with van der Waals surface area (Å²) in [7, 11) is 1.37. The molecule has 1 aromatic carbocycles. The van der Waals surface area contributed by atoms with E-state index in [4.69, 9.17) is 9.84 Å². The highest BCUT2D eigenvalue weighted by atomic mass is 19.3. The van der Waals surface area contributed by atoms with Crippen LogP contribution in [0, 0.1) is 0 Å². The van der Waals surface area contributed by atoms with Crippen molar-refractivity contribution in [2.45, 2.75) is 19.5 Å². The Labute approximate surface area is 113 Å². The number of anilines is 1. The third kappa shape index (κ3) is 5.09. The molecule has 20 heavy (non-hydrogen) atoms. The second-order valence-corrected chi connectivity index (χ2v) is 3.68. The summed E-state index contributed by atoms with van der Waals surface area (Å²) < 4.78 is 33.6. The number of amides is 1. The number of rotatable bonds is 7. The fraction of sp³-hybridized carbons (Fsp3) is 0.333. The Morgan fingerprint density at radius 1 is 1.35 bits per heavy atom. The molecule has 0 bridgehead atoms. The van der Waals surface area contributed by atoms with Crippen molar-refractivity contribution in [3.05, 3.63) is 18.2 Å². The SMILES string of the molecule is COc1ccc(OC(F)F)c(NC(=O)CCC(=O)O)c1. The first-order valence-corrected chi connectivity index (χ1v) is 5.57. The summed E-state index contributed by atoms with van der Waals surface area (Å²) in [6, 6.07) is 3.92. The molecule has 0 aromatic heterocycles. The number of halogens is 2. The number of carboxylic acid groups (broad SMARTS) is 1. The molecule has 6 nitrogen and oxygen atoms in total. The second-order valence-electron chi connectivity index (χ2n) is 3.68. The molecular weight excluding hydrogens is 276 g/mol. The van der Waals surface area contributed by atoms with Gasteiger partial charge in [-0.1, -0.05) is 0 Å². The molecule has 1 aromatic rings. The van der Waals surface area contributed by atoms with Crippen molar-refractivity contribution in [3.63, 3.8) is 0 Å². The third-order valence-corrected chi connectivity index (χ3v) is 2.24. The summed E-state index contributed by atoms with van der Waals surface area (Å²) >= 11 is 0. The number of ether oxygens (including phenoxy) is 2. The molecule has 0 fully saturated rings. The highest BCUT2D eigenvalue weighted by Gasteiger charge is 2.14. The molecule has 0 spiro atoms. The van der Waals surface area contributed by atoms with Crippen molar-refractivity contribution >= 4 is 17.6 Å². The highest BCUT2D eigenvalue weighted by molar-refractivity contribution is 5.94. The largest absolute Gasteiger partial charge is 0.497 e. The Balaban J connectivity index is 2.83. The maximum atomic E-state index is 12.2. The second kappa shape index (κ2) is 7.27. The standard InChI is InChI=1S/C12H13F2NO5/c1-19-7-2-3-9(20-12(13)14)8(6-7)15-10(16)4-5-11(17)18/h2-3,6,12H,4-5H2,1H3,(H,15,16)(H,17,18). The smallest absolute Gasteiger partial charge is 0.387 e. The molecule has 110 valence electrons. The van der Waals surface area contributed by atoms with Gasteiger partial charge in [-0.05, 0) is 12.1 Å². The number of aliphatic carboxylic acids is 1. The minimum Gasteiger partial charge on any atom is -0.497 e. The van der Waals surface area contributed by atoms with Gasteiger partial charge in [-0.3, -0.25) is 9.59 Å². The van der Waals surface area contributed by atoms with E-state index in [0.29, 0.717) is 5.75 Å².